The Balaban J connectivity index is 2.07. The third kappa shape index (κ3) is 2.61. The zero-order chi connectivity index (χ0) is 11.4. The molecule has 2 atom stereocenters. The van der Waals surface area contributed by atoms with Crippen LogP contribution in [0.2, 0.25) is 0 Å². The van der Waals surface area contributed by atoms with Gasteiger partial charge in [0, 0.05) is 13.0 Å². The van der Waals surface area contributed by atoms with Gasteiger partial charge in [-0.15, -0.1) is 0 Å². The lowest BCUT2D eigenvalue weighted by Gasteiger charge is -2.28. The molecule has 1 aliphatic rings. The molecule has 1 saturated heterocycles. The fourth-order valence-electron chi connectivity index (χ4n) is 2.15. The molecule has 1 aliphatic heterocycles. The van der Waals surface area contributed by atoms with Crippen LogP contribution in [0.4, 0.5) is 0 Å². The Morgan fingerprint density at radius 3 is 2.69 bits per heavy atom. The molecule has 88 valence electrons. The van der Waals surface area contributed by atoms with E-state index in [1.54, 1.807) is 0 Å². The van der Waals surface area contributed by atoms with Crippen LogP contribution in [0.25, 0.3) is 0 Å². The molecule has 1 fully saturated rings. The van der Waals surface area contributed by atoms with Crippen LogP contribution in [0, 0.1) is 0 Å². The van der Waals surface area contributed by atoms with Gasteiger partial charge >= 0.3 is 0 Å². The van der Waals surface area contributed by atoms with Crippen molar-refractivity contribution >= 4 is 0 Å². The molecule has 1 aromatic rings. The van der Waals surface area contributed by atoms with Crippen LogP contribution in [-0.2, 0) is 17.8 Å². The van der Waals surface area contributed by atoms with Crippen molar-refractivity contribution in [2.75, 3.05) is 6.61 Å². The fourth-order valence-corrected chi connectivity index (χ4v) is 2.15. The lowest BCUT2D eigenvalue weighted by atomic mass is 9.96. The Morgan fingerprint density at radius 1 is 1.25 bits per heavy atom. The summed E-state index contributed by atoms with van der Waals surface area (Å²) in [6.07, 6.45) is 1.92. The molecule has 2 N–H and O–H groups in total. The van der Waals surface area contributed by atoms with Gasteiger partial charge in [0.25, 0.3) is 0 Å². The van der Waals surface area contributed by atoms with Gasteiger partial charge in [0.05, 0.1) is 18.8 Å². The molecule has 1 heterocycles. The quantitative estimate of drug-likeness (QED) is 0.809. The minimum atomic E-state index is -0.375. The molecule has 0 aromatic heterocycles. The highest BCUT2D eigenvalue weighted by molar-refractivity contribution is 5.27. The molecule has 0 spiro atoms. The molecule has 0 bridgehead atoms. The van der Waals surface area contributed by atoms with Gasteiger partial charge in [0.2, 0.25) is 0 Å². The average molecular weight is 222 g/mol. The first kappa shape index (κ1) is 11.6. The van der Waals surface area contributed by atoms with Crippen molar-refractivity contribution in [3.8, 4) is 0 Å². The number of ether oxygens (including phenoxy) is 1. The monoisotopic (exact) mass is 222 g/mol. The Kier molecular flexibility index (Phi) is 3.93. The van der Waals surface area contributed by atoms with Crippen molar-refractivity contribution in [1.29, 1.82) is 0 Å². The highest BCUT2D eigenvalue weighted by Crippen LogP contribution is 2.20. The molecule has 0 radical (unpaired) electrons. The van der Waals surface area contributed by atoms with Gasteiger partial charge in [-0.3, -0.25) is 0 Å². The number of rotatable bonds is 3. The Bertz CT molecular complexity index is 338. The van der Waals surface area contributed by atoms with E-state index in [-0.39, 0.29) is 18.8 Å². The molecule has 0 aliphatic carbocycles. The number of aliphatic hydroxyl groups excluding tert-OH is 2. The molecule has 3 nitrogen and oxygen atoms in total. The standard InChI is InChI=1S/C13H18O3/c14-9-11-5-2-1-4-10(11)8-13-12(15)6-3-7-16-13/h1-2,4-5,12-15H,3,6-9H2. The van der Waals surface area contributed by atoms with Crippen molar-refractivity contribution in [3.05, 3.63) is 35.4 Å². The van der Waals surface area contributed by atoms with Crippen molar-refractivity contribution in [2.45, 2.75) is 38.1 Å². The predicted octanol–water partition coefficient (Wildman–Crippen LogP) is 1.26. The second-order valence-corrected chi connectivity index (χ2v) is 4.25. The van der Waals surface area contributed by atoms with Crippen LogP contribution in [-0.4, -0.2) is 29.0 Å². The smallest absolute Gasteiger partial charge is 0.0874 e. The van der Waals surface area contributed by atoms with E-state index in [0.717, 1.165) is 30.6 Å². The van der Waals surface area contributed by atoms with E-state index in [4.69, 9.17) is 4.74 Å². The Hall–Kier alpha value is -0.900. The van der Waals surface area contributed by atoms with E-state index in [0.29, 0.717) is 6.42 Å². The SMILES string of the molecule is OCc1ccccc1CC1OCCCC1O. The highest BCUT2D eigenvalue weighted by atomic mass is 16.5. The second-order valence-electron chi connectivity index (χ2n) is 4.25. The molecule has 0 amide bonds. The van der Waals surface area contributed by atoms with Gasteiger partial charge in [-0.2, -0.15) is 0 Å². The number of hydrogen-bond acceptors (Lipinski definition) is 3. The van der Waals surface area contributed by atoms with E-state index < -0.39 is 0 Å². The van der Waals surface area contributed by atoms with Gasteiger partial charge in [-0.05, 0) is 24.0 Å². The van der Waals surface area contributed by atoms with Gasteiger partial charge in [-0.25, -0.2) is 0 Å². The van der Waals surface area contributed by atoms with E-state index in [1.165, 1.54) is 0 Å². The summed E-state index contributed by atoms with van der Waals surface area (Å²) in [7, 11) is 0. The summed E-state index contributed by atoms with van der Waals surface area (Å²) in [5.41, 5.74) is 1.99. The maximum Gasteiger partial charge on any atom is 0.0874 e. The van der Waals surface area contributed by atoms with Crippen LogP contribution in [0.15, 0.2) is 24.3 Å². The van der Waals surface area contributed by atoms with Crippen molar-refractivity contribution in [3.63, 3.8) is 0 Å². The predicted molar refractivity (Wildman–Crippen MR) is 61.0 cm³/mol. The lowest BCUT2D eigenvalue weighted by molar-refractivity contribution is -0.0727. The molecule has 16 heavy (non-hydrogen) atoms. The Labute approximate surface area is 95.7 Å². The molecule has 1 aromatic carbocycles. The third-order valence-corrected chi connectivity index (χ3v) is 3.12. The fraction of sp³-hybridized carbons (Fsp3) is 0.538. The maximum absolute atomic E-state index is 9.81. The summed E-state index contributed by atoms with van der Waals surface area (Å²) >= 11 is 0. The zero-order valence-corrected chi connectivity index (χ0v) is 9.30. The summed E-state index contributed by atoms with van der Waals surface area (Å²) < 4.78 is 5.56. The molecular formula is C13H18O3. The summed E-state index contributed by atoms with van der Waals surface area (Å²) in [5, 5.41) is 19.0. The summed E-state index contributed by atoms with van der Waals surface area (Å²) in [4.78, 5) is 0. The minimum absolute atomic E-state index is 0.0407. The Morgan fingerprint density at radius 2 is 2.00 bits per heavy atom. The largest absolute Gasteiger partial charge is 0.392 e. The molecule has 3 heteroatoms. The van der Waals surface area contributed by atoms with E-state index in [9.17, 15) is 10.2 Å². The van der Waals surface area contributed by atoms with Crippen LogP contribution in [0.3, 0.4) is 0 Å². The maximum atomic E-state index is 9.81. The molecule has 2 unspecified atom stereocenters. The minimum Gasteiger partial charge on any atom is -0.392 e. The highest BCUT2D eigenvalue weighted by Gasteiger charge is 2.24. The van der Waals surface area contributed by atoms with Crippen LogP contribution in [0.5, 0.6) is 0 Å². The molecule has 2 rings (SSSR count). The van der Waals surface area contributed by atoms with Gasteiger partial charge < -0.3 is 14.9 Å². The van der Waals surface area contributed by atoms with E-state index in [1.807, 2.05) is 24.3 Å². The molecule has 0 saturated carbocycles. The van der Waals surface area contributed by atoms with Crippen LogP contribution in [0.1, 0.15) is 24.0 Å². The summed E-state index contributed by atoms with van der Waals surface area (Å²) in [6.45, 7) is 0.766. The lowest BCUT2D eigenvalue weighted by Crippen LogP contribution is -2.35. The zero-order valence-electron chi connectivity index (χ0n) is 9.30. The normalized spacial score (nSPS) is 25.6. The van der Waals surface area contributed by atoms with Gasteiger partial charge in [0.15, 0.2) is 0 Å². The summed E-state index contributed by atoms with van der Waals surface area (Å²) in [6, 6.07) is 7.75. The first-order chi connectivity index (χ1) is 7.81. The van der Waals surface area contributed by atoms with Crippen molar-refractivity contribution < 1.29 is 14.9 Å². The topological polar surface area (TPSA) is 49.7 Å². The number of benzene rings is 1. The third-order valence-electron chi connectivity index (χ3n) is 3.12. The van der Waals surface area contributed by atoms with Crippen LogP contribution >= 0.6 is 0 Å². The van der Waals surface area contributed by atoms with Gasteiger partial charge in [-0.1, -0.05) is 24.3 Å². The van der Waals surface area contributed by atoms with E-state index in [2.05, 4.69) is 0 Å². The van der Waals surface area contributed by atoms with Gasteiger partial charge in [0.1, 0.15) is 0 Å². The first-order valence-electron chi connectivity index (χ1n) is 5.78. The average Bonchev–Trinajstić information content (AvgIpc) is 2.33. The number of hydrogen-bond donors (Lipinski definition) is 2. The molecular weight excluding hydrogens is 204 g/mol. The first-order valence-corrected chi connectivity index (χ1v) is 5.78. The van der Waals surface area contributed by atoms with Crippen LogP contribution < -0.4 is 0 Å². The van der Waals surface area contributed by atoms with Crippen molar-refractivity contribution in [1.82, 2.24) is 0 Å². The number of aliphatic hydroxyl groups is 2. The van der Waals surface area contributed by atoms with E-state index >= 15 is 0 Å². The van der Waals surface area contributed by atoms with Crippen molar-refractivity contribution in [2.24, 2.45) is 0 Å². The second kappa shape index (κ2) is 5.43. The summed E-state index contributed by atoms with van der Waals surface area (Å²) in [5.74, 6) is 0.